The van der Waals surface area contributed by atoms with Crippen molar-refractivity contribution in [2.75, 3.05) is 39.4 Å². The molecule has 2 aliphatic heterocycles. The average molecular weight is 271 g/mol. The molecular weight excluding hydrogens is 246 g/mol. The molecule has 2 fully saturated rings. The van der Waals surface area contributed by atoms with Crippen LogP contribution in [0.2, 0.25) is 0 Å². The van der Waals surface area contributed by atoms with Gasteiger partial charge in [0.2, 0.25) is 0 Å². The predicted octanol–water partition coefficient (Wildman–Crippen LogP) is 0.848. The van der Waals surface area contributed by atoms with Crippen LogP contribution in [0.15, 0.2) is 0 Å². The zero-order chi connectivity index (χ0) is 13.2. The lowest BCUT2D eigenvalue weighted by Gasteiger charge is -2.46. The summed E-state index contributed by atoms with van der Waals surface area (Å²) >= 11 is 5.17. The molecule has 104 valence electrons. The van der Waals surface area contributed by atoms with Crippen molar-refractivity contribution in [3.8, 4) is 0 Å². The molecule has 0 radical (unpaired) electrons. The number of hydrogen-bond donors (Lipinski definition) is 1. The lowest BCUT2D eigenvalue weighted by atomic mass is 10.0. The molecule has 0 spiro atoms. The van der Waals surface area contributed by atoms with Crippen LogP contribution >= 0.6 is 12.2 Å². The van der Waals surface area contributed by atoms with E-state index in [1.54, 1.807) is 0 Å². The van der Waals surface area contributed by atoms with Crippen LogP contribution in [-0.2, 0) is 4.74 Å². The quantitative estimate of drug-likeness (QED) is 0.771. The number of ether oxygens (including phenoxy) is 1. The van der Waals surface area contributed by atoms with Gasteiger partial charge in [-0.3, -0.25) is 9.80 Å². The minimum absolute atomic E-state index is 0.156. The molecule has 0 aromatic rings. The molecule has 4 nitrogen and oxygen atoms in total. The molecule has 5 heteroatoms. The Morgan fingerprint density at radius 2 is 1.72 bits per heavy atom. The van der Waals surface area contributed by atoms with Crippen LogP contribution in [0.4, 0.5) is 0 Å². The van der Waals surface area contributed by atoms with Gasteiger partial charge in [-0.2, -0.15) is 0 Å². The van der Waals surface area contributed by atoms with E-state index in [1.165, 1.54) is 12.8 Å². The summed E-state index contributed by atoms with van der Waals surface area (Å²) in [5.74, 6) is 0. The minimum atomic E-state index is -0.156. The molecule has 0 aromatic carbocycles. The molecule has 0 saturated carbocycles. The molecule has 2 N–H and O–H groups in total. The van der Waals surface area contributed by atoms with Crippen molar-refractivity contribution >= 4 is 17.2 Å². The van der Waals surface area contributed by atoms with Crippen LogP contribution < -0.4 is 5.73 Å². The normalized spacial score (nSPS) is 25.2. The molecule has 2 heterocycles. The summed E-state index contributed by atoms with van der Waals surface area (Å²) in [5.41, 5.74) is 5.68. The molecule has 0 aromatic heterocycles. The predicted molar refractivity (Wildman–Crippen MR) is 77.9 cm³/mol. The third-order valence-corrected chi connectivity index (χ3v) is 4.91. The van der Waals surface area contributed by atoms with E-state index in [1.807, 2.05) is 0 Å². The van der Waals surface area contributed by atoms with Crippen LogP contribution in [0.1, 0.15) is 26.7 Å². The average Bonchev–Trinajstić information content (AvgIpc) is 2.40. The van der Waals surface area contributed by atoms with Crippen molar-refractivity contribution in [2.45, 2.75) is 38.3 Å². The molecule has 2 rings (SSSR count). The first-order chi connectivity index (χ1) is 8.51. The maximum Gasteiger partial charge on any atom is 0.0928 e. The largest absolute Gasteiger partial charge is 0.392 e. The highest BCUT2D eigenvalue weighted by Crippen LogP contribution is 2.21. The molecule has 2 saturated heterocycles. The Morgan fingerprint density at radius 3 is 2.22 bits per heavy atom. The Morgan fingerprint density at radius 1 is 1.17 bits per heavy atom. The van der Waals surface area contributed by atoms with E-state index in [4.69, 9.17) is 22.7 Å². The van der Waals surface area contributed by atoms with Gasteiger partial charge in [-0.05, 0) is 26.7 Å². The third-order valence-electron chi connectivity index (χ3n) is 4.42. The summed E-state index contributed by atoms with van der Waals surface area (Å²) in [6.07, 6.45) is 2.36. The number of nitrogens with two attached hydrogens (primary N) is 1. The van der Waals surface area contributed by atoms with Gasteiger partial charge in [0.15, 0.2) is 0 Å². The number of thiocarbonyl (C=S) groups is 1. The van der Waals surface area contributed by atoms with Gasteiger partial charge in [0.25, 0.3) is 0 Å². The number of hydrogen-bond acceptors (Lipinski definition) is 4. The molecule has 0 atom stereocenters. The lowest BCUT2D eigenvalue weighted by molar-refractivity contribution is 0.00368. The van der Waals surface area contributed by atoms with Gasteiger partial charge in [0, 0.05) is 45.4 Å². The van der Waals surface area contributed by atoms with Gasteiger partial charge < -0.3 is 10.5 Å². The van der Waals surface area contributed by atoms with Crippen molar-refractivity contribution in [2.24, 2.45) is 5.73 Å². The molecule has 0 bridgehead atoms. The van der Waals surface area contributed by atoms with E-state index in [0.717, 1.165) is 39.4 Å². The Bertz CT molecular complexity index is 295. The fourth-order valence-corrected chi connectivity index (χ4v) is 2.98. The Balaban J connectivity index is 1.85. The lowest BCUT2D eigenvalue weighted by Crippen LogP contribution is -2.60. The highest BCUT2D eigenvalue weighted by Gasteiger charge is 2.34. The van der Waals surface area contributed by atoms with Crippen molar-refractivity contribution in [1.29, 1.82) is 0 Å². The Kier molecular flexibility index (Phi) is 4.59. The first-order valence-corrected chi connectivity index (χ1v) is 7.29. The van der Waals surface area contributed by atoms with Gasteiger partial charge in [-0.15, -0.1) is 0 Å². The van der Waals surface area contributed by atoms with Gasteiger partial charge in [0.05, 0.1) is 10.5 Å². The topological polar surface area (TPSA) is 41.7 Å². The second kappa shape index (κ2) is 5.82. The smallest absolute Gasteiger partial charge is 0.0928 e. The van der Waals surface area contributed by atoms with Crippen LogP contribution in [0, 0.1) is 0 Å². The van der Waals surface area contributed by atoms with Crippen molar-refractivity contribution in [3.05, 3.63) is 0 Å². The highest BCUT2D eigenvalue weighted by atomic mass is 32.1. The zero-order valence-electron chi connectivity index (χ0n) is 11.5. The van der Waals surface area contributed by atoms with E-state index < -0.39 is 0 Å². The molecular formula is C13H25N3OS. The first kappa shape index (κ1) is 14.2. The van der Waals surface area contributed by atoms with E-state index in [2.05, 4.69) is 23.6 Å². The second-order valence-corrected chi connectivity index (χ2v) is 6.23. The van der Waals surface area contributed by atoms with E-state index in [-0.39, 0.29) is 5.54 Å². The SMILES string of the molecule is CC(C)(C(N)=S)N1CCN(C2CCOCC2)CC1. The fraction of sp³-hybridized carbons (Fsp3) is 0.923. The molecule has 0 aliphatic carbocycles. The monoisotopic (exact) mass is 271 g/mol. The maximum absolute atomic E-state index is 5.84. The molecule has 2 aliphatic rings. The van der Waals surface area contributed by atoms with Crippen molar-refractivity contribution in [3.63, 3.8) is 0 Å². The van der Waals surface area contributed by atoms with E-state index in [9.17, 15) is 0 Å². The first-order valence-electron chi connectivity index (χ1n) is 6.88. The molecule has 18 heavy (non-hydrogen) atoms. The Hall–Kier alpha value is -0.230. The van der Waals surface area contributed by atoms with E-state index >= 15 is 0 Å². The summed E-state index contributed by atoms with van der Waals surface area (Å²) in [4.78, 5) is 5.61. The summed E-state index contributed by atoms with van der Waals surface area (Å²) in [7, 11) is 0. The second-order valence-electron chi connectivity index (χ2n) is 5.79. The van der Waals surface area contributed by atoms with Crippen molar-refractivity contribution < 1.29 is 4.74 Å². The summed E-state index contributed by atoms with van der Waals surface area (Å²) in [5, 5.41) is 0. The Labute approximate surface area is 115 Å². The van der Waals surface area contributed by atoms with Gasteiger partial charge in [-0.1, -0.05) is 12.2 Å². The molecule has 0 unspecified atom stereocenters. The maximum atomic E-state index is 5.84. The minimum Gasteiger partial charge on any atom is -0.392 e. The van der Waals surface area contributed by atoms with Crippen LogP contribution in [0.5, 0.6) is 0 Å². The van der Waals surface area contributed by atoms with Crippen LogP contribution in [0.25, 0.3) is 0 Å². The zero-order valence-corrected chi connectivity index (χ0v) is 12.3. The standard InChI is InChI=1S/C13H25N3OS/c1-13(2,12(14)18)16-7-5-15(6-8-16)11-3-9-17-10-4-11/h11H,3-10H2,1-2H3,(H2,14,18). The molecule has 0 amide bonds. The third kappa shape index (κ3) is 3.02. The van der Waals surface area contributed by atoms with E-state index in [0.29, 0.717) is 11.0 Å². The van der Waals surface area contributed by atoms with Crippen LogP contribution in [-0.4, -0.2) is 65.8 Å². The summed E-state index contributed by atoms with van der Waals surface area (Å²) in [6, 6.07) is 0.717. The summed E-state index contributed by atoms with van der Waals surface area (Å²) in [6.45, 7) is 10.4. The van der Waals surface area contributed by atoms with Crippen LogP contribution in [0.3, 0.4) is 0 Å². The van der Waals surface area contributed by atoms with Gasteiger partial charge in [0.1, 0.15) is 0 Å². The number of piperazine rings is 1. The number of nitrogens with zero attached hydrogens (tertiary/aromatic N) is 2. The summed E-state index contributed by atoms with van der Waals surface area (Å²) < 4.78 is 5.43. The highest BCUT2D eigenvalue weighted by molar-refractivity contribution is 7.80. The number of rotatable bonds is 3. The fourth-order valence-electron chi connectivity index (χ4n) is 2.85. The van der Waals surface area contributed by atoms with Crippen molar-refractivity contribution in [1.82, 2.24) is 9.80 Å². The van der Waals surface area contributed by atoms with Gasteiger partial charge in [-0.25, -0.2) is 0 Å². The van der Waals surface area contributed by atoms with Gasteiger partial charge >= 0.3 is 0 Å².